The Bertz CT molecular complexity index is 584. The number of hydrogen-bond donors (Lipinski definition) is 2. The standard InChI is InChI=1S/C16H22N2O5/c1-10(2)17-16(21)18-14(19)8-23-15(20)9-22-13-7-11(3)5-6-12(13)4/h5-7,10H,8-9H2,1-4H3,(H2,17,18,19,21). The highest BCUT2D eigenvalue weighted by Crippen LogP contribution is 2.18. The normalized spacial score (nSPS) is 10.1. The lowest BCUT2D eigenvalue weighted by Crippen LogP contribution is -2.44. The molecule has 0 unspecified atom stereocenters. The number of nitrogens with one attached hydrogen (secondary N) is 2. The first-order valence-electron chi connectivity index (χ1n) is 7.24. The third kappa shape index (κ3) is 7.30. The molecule has 0 bridgehead atoms. The van der Waals surface area contributed by atoms with E-state index in [9.17, 15) is 14.4 Å². The highest BCUT2D eigenvalue weighted by Gasteiger charge is 2.12. The maximum absolute atomic E-state index is 11.6. The summed E-state index contributed by atoms with van der Waals surface area (Å²) in [5.74, 6) is -0.809. The van der Waals surface area contributed by atoms with E-state index in [0.717, 1.165) is 11.1 Å². The summed E-state index contributed by atoms with van der Waals surface area (Å²) >= 11 is 0. The number of urea groups is 1. The van der Waals surface area contributed by atoms with Crippen LogP contribution in [0.2, 0.25) is 0 Å². The van der Waals surface area contributed by atoms with Gasteiger partial charge in [0.15, 0.2) is 13.2 Å². The van der Waals surface area contributed by atoms with Crippen molar-refractivity contribution < 1.29 is 23.9 Å². The largest absolute Gasteiger partial charge is 0.482 e. The van der Waals surface area contributed by atoms with Crippen LogP contribution in [0.3, 0.4) is 0 Å². The summed E-state index contributed by atoms with van der Waals surface area (Å²) in [7, 11) is 0. The van der Waals surface area contributed by atoms with Crippen molar-refractivity contribution in [2.45, 2.75) is 33.7 Å². The molecule has 0 heterocycles. The molecule has 0 spiro atoms. The number of hydrogen-bond acceptors (Lipinski definition) is 5. The van der Waals surface area contributed by atoms with Gasteiger partial charge in [0.2, 0.25) is 0 Å². The summed E-state index contributed by atoms with van der Waals surface area (Å²) in [6.07, 6.45) is 0. The van der Waals surface area contributed by atoms with Crippen LogP contribution in [0.25, 0.3) is 0 Å². The van der Waals surface area contributed by atoms with Crippen LogP contribution in [0.4, 0.5) is 4.79 Å². The predicted octanol–water partition coefficient (Wildman–Crippen LogP) is 1.46. The van der Waals surface area contributed by atoms with Crippen molar-refractivity contribution >= 4 is 17.9 Å². The number of rotatable bonds is 6. The lowest BCUT2D eigenvalue weighted by Gasteiger charge is -2.11. The van der Waals surface area contributed by atoms with Crippen molar-refractivity contribution in [3.8, 4) is 5.75 Å². The number of carbonyl (C=O) groups is 3. The van der Waals surface area contributed by atoms with Crippen molar-refractivity contribution in [2.75, 3.05) is 13.2 Å². The third-order valence-electron chi connectivity index (χ3n) is 2.73. The van der Waals surface area contributed by atoms with E-state index < -0.39 is 24.5 Å². The van der Waals surface area contributed by atoms with Gasteiger partial charge in [-0.1, -0.05) is 12.1 Å². The van der Waals surface area contributed by atoms with Crippen molar-refractivity contribution in [3.63, 3.8) is 0 Å². The summed E-state index contributed by atoms with van der Waals surface area (Å²) in [6, 6.07) is 4.90. The summed E-state index contributed by atoms with van der Waals surface area (Å²) in [6.45, 7) is 6.44. The number of carbonyl (C=O) groups excluding carboxylic acids is 3. The Balaban J connectivity index is 2.33. The van der Waals surface area contributed by atoms with Gasteiger partial charge in [-0.2, -0.15) is 0 Å². The monoisotopic (exact) mass is 322 g/mol. The van der Waals surface area contributed by atoms with Gasteiger partial charge >= 0.3 is 12.0 Å². The van der Waals surface area contributed by atoms with Gasteiger partial charge in [-0.3, -0.25) is 10.1 Å². The molecular formula is C16H22N2O5. The van der Waals surface area contributed by atoms with Crippen LogP contribution < -0.4 is 15.4 Å². The van der Waals surface area contributed by atoms with Crippen molar-refractivity contribution in [3.05, 3.63) is 29.3 Å². The molecule has 126 valence electrons. The number of imide groups is 1. The maximum atomic E-state index is 11.6. The molecule has 0 aliphatic carbocycles. The molecule has 2 N–H and O–H groups in total. The molecule has 1 rings (SSSR count). The molecule has 7 heteroatoms. The number of esters is 1. The second kappa shape index (κ2) is 8.77. The molecule has 0 saturated heterocycles. The Morgan fingerprint density at radius 1 is 1.13 bits per heavy atom. The maximum Gasteiger partial charge on any atom is 0.344 e. The molecule has 23 heavy (non-hydrogen) atoms. The second-order valence-electron chi connectivity index (χ2n) is 5.39. The molecule has 0 radical (unpaired) electrons. The SMILES string of the molecule is Cc1ccc(C)c(OCC(=O)OCC(=O)NC(=O)NC(C)C)c1. The van der Waals surface area contributed by atoms with Gasteiger partial charge < -0.3 is 14.8 Å². The molecule has 1 aromatic carbocycles. The average molecular weight is 322 g/mol. The molecule has 0 aliphatic rings. The molecule has 0 aliphatic heterocycles. The van der Waals surface area contributed by atoms with E-state index in [4.69, 9.17) is 9.47 Å². The van der Waals surface area contributed by atoms with E-state index in [-0.39, 0.29) is 12.6 Å². The van der Waals surface area contributed by atoms with E-state index in [0.29, 0.717) is 5.75 Å². The Morgan fingerprint density at radius 3 is 2.48 bits per heavy atom. The fourth-order valence-electron chi connectivity index (χ4n) is 1.65. The van der Waals surface area contributed by atoms with Gasteiger partial charge in [0.25, 0.3) is 5.91 Å². The number of benzene rings is 1. The lowest BCUT2D eigenvalue weighted by molar-refractivity contribution is -0.150. The van der Waals surface area contributed by atoms with Crippen LogP contribution in [-0.4, -0.2) is 37.2 Å². The average Bonchev–Trinajstić information content (AvgIpc) is 2.45. The predicted molar refractivity (Wildman–Crippen MR) is 84.2 cm³/mol. The van der Waals surface area contributed by atoms with Crippen LogP contribution in [-0.2, 0) is 14.3 Å². The molecule has 0 aromatic heterocycles. The summed E-state index contributed by atoms with van der Waals surface area (Å²) < 4.78 is 10.1. The fourth-order valence-corrected chi connectivity index (χ4v) is 1.65. The van der Waals surface area contributed by atoms with Crippen LogP contribution in [0, 0.1) is 13.8 Å². The van der Waals surface area contributed by atoms with E-state index in [1.807, 2.05) is 37.4 Å². The molecule has 0 saturated carbocycles. The van der Waals surface area contributed by atoms with E-state index in [1.165, 1.54) is 0 Å². The highest BCUT2D eigenvalue weighted by molar-refractivity contribution is 5.95. The summed E-state index contributed by atoms with van der Waals surface area (Å²) in [5, 5.41) is 4.53. The first kappa shape index (κ1) is 18.5. The molecule has 0 atom stereocenters. The molecular weight excluding hydrogens is 300 g/mol. The van der Waals surface area contributed by atoms with Gasteiger partial charge in [-0.05, 0) is 44.9 Å². The quantitative estimate of drug-likeness (QED) is 0.773. The lowest BCUT2D eigenvalue weighted by atomic mass is 10.1. The second-order valence-corrected chi connectivity index (χ2v) is 5.39. The van der Waals surface area contributed by atoms with E-state index in [2.05, 4.69) is 5.32 Å². The number of amides is 3. The molecule has 7 nitrogen and oxygen atoms in total. The Hall–Kier alpha value is -2.57. The van der Waals surface area contributed by atoms with Crippen molar-refractivity contribution in [1.82, 2.24) is 10.6 Å². The fraction of sp³-hybridized carbons (Fsp3) is 0.438. The zero-order chi connectivity index (χ0) is 17.4. The van der Waals surface area contributed by atoms with Gasteiger partial charge in [0, 0.05) is 6.04 Å². The van der Waals surface area contributed by atoms with Gasteiger partial charge in [-0.15, -0.1) is 0 Å². The third-order valence-corrected chi connectivity index (χ3v) is 2.73. The van der Waals surface area contributed by atoms with Crippen LogP contribution >= 0.6 is 0 Å². The van der Waals surface area contributed by atoms with Crippen LogP contribution in [0.15, 0.2) is 18.2 Å². The van der Waals surface area contributed by atoms with Gasteiger partial charge in [0.05, 0.1) is 0 Å². The highest BCUT2D eigenvalue weighted by atomic mass is 16.6. The Labute approximate surface area is 135 Å². The minimum Gasteiger partial charge on any atom is -0.482 e. The first-order chi connectivity index (χ1) is 10.8. The van der Waals surface area contributed by atoms with Crippen molar-refractivity contribution in [1.29, 1.82) is 0 Å². The Kier molecular flexibility index (Phi) is 7.05. The first-order valence-corrected chi connectivity index (χ1v) is 7.24. The summed E-state index contributed by atoms with van der Waals surface area (Å²) in [5.41, 5.74) is 1.90. The molecule has 0 fully saturated rings. The zero-order valence-corrected chi connectivity index (χ0v) is 13.8. The molecule has 1 aromatic rings. The van der Waals surface area contributed by atoms with Gasteiger partial charge in [0.1, 0.15) is 5.75 Å². The number of ether oxygens (including phenoxy) is 2. The molecule has 3 amide bonds. The zero-order valence-electron chi connectivity index (χ0n) is 13.8. The minimum absolute atomic E-state index is 0.101. The topological polar surface area (TPSA) is 93.7 Å². The van der Waals surface area contributed by atoms with Crippen LogP contribution in [0.5, 0.6) is 5.75 Å². The van der Waals surface area contributed by atoms with Gasteiger partial charge in [-0.25, -0.2) is 9.59 Å². The van der Waals surface area contributed by atoms with E-state index >= 15 is 0 Å². The van der Waals surface area contributed by atoms with Crippen molar-refractivity contribution in [2.24, 2.45) is 0 Å². The smallest absolute Gasteiger partial charge is 0.344 e. The van der Waals surface area contributed by atoms with E-state index in [1.54, 1.807) is 13.8 Å². The number of aryl methyl sites for hydroxylation is 2. The Morgan fingerprint density at radius 2 is 1.83 bits per heavy atom. The summed E-state index contributed by atoms with van der Waals surface area (Å²) in [4.78, 5) is 34.3. The van der Waals surface area contributed by atoms with Crippen LogP contribution in [0.1, 0.15) is 25.0 Å². The minimum atomic E-state index is -0.705.